The molecule has 0 fully saturated rings. The molecule has 1 aromatic rings. The van der Waals surface area contributed by atoms with Gasteiger partial charge < -0.3 is 11.1 Å². The van der Waals surface area contributed by atoms with Gasteiger partial charge in [0.1, 0.15) is 0 Å². The Morgan fingerprint density at radius 3 is 2.50 bits per heavy atom. The minimum atomic E-state index is -3.06. The number of carbonyl (C=O) groups is 1. The van der Waals surface area contributed by atoms with Crippen LogP contribution >= 0.6 is 0 Å². The molecule has 1 amide bonds. The highest BCUT2D eigenvalue weighted by Crippen LogP contribution is 2.03. The molecule has 0 aromatic heterocycles. The zero-order chi connectivity index (χ0) is 15.0. The topological polar surface area (TPSA) is 89.3 Å². The molecule has 0 spiro atoms. The second kappa shape index (κ2) is 7.68. The smallest absolute Gasteiger partial charge is 0.251 e. The normalized spacial score (nSPS) is 10.5. The summed E-state index contributed by atoms with van der Waals surface area (Å²) < 4.78 is 22.6. The molecule has 5 nitrogen and oxygen atoms in total. The molecule has 0 radical (unpaired) electrons. The lowest BCUT2D eigenvalue weighted by Gasteiger charge is -2.05. The predicted molar refractivity (Wildman–Crippen MR) is 79.0 cm³/mol. The first kappa shape index (κ1) is 16.2. The number of benzene rings is 1. The molecule has 0 aliphatic carbocycles. The van der Waals surface area contributed by atoms with Crippen LogP contribution in [0.2, 0.25) is 0 Å². The number of hydrogen-bond donors (Lipinski definition) is 2. The fourth-order valence-corrected chi connectivity index (χ4v) is 2.13. The van der Waals surface area contributed by atoms with Crippen LogP contribution in [0.5, 0.6) is 0 Å². The number of hydrogen-bond acceptors (Lipinski definition) is 4. The van der Waals surface area contributed by atoms with Crippen LogP contribution in [0.3, 0.4) is 0 Å². The molecule has 6 heteroatoms. The van der Waals surface area contributed by atoms with Gasteiger partial charge in [-0.3, -0.25) is 4.79 Å². The van der Waals surface area contributed by atoms with Crippen molar-refractivity contribution in [2.75, 3.05) is 24.6 Å². The van der Waals surface area contributed by atoms with Gasteiger partial charge in [0, 0.05) is 23.4 Å². The van der Waals surface area contributed by atoms with Gasteiger partial charge in [-0.15, -0.1) is 0 Å². The van der Waals surface area contributed by atoms with Gasteiger partial charge in [-0.05, 0) is 24.3 Å². The highest BCUT2D eigenvalue weighted by atomic mass is 32.2. The van der Waals surface area contributed by atoms with Gasteiger partial charge in [-0.1, -0.05) is 18.8 Å². The lowest BCUT2D eigenvalue weighted by atomic mass is 10.1. The van der Waals surface area contributed by atoms with Crippen molar-refractivity contribution in [1.29, 1.82) is 0 Å². The van der Waals surface area contributed by atoms with Crippen LogP contribution in [0.25, 0.3) is 0 Å². The first-order valence-corrected chi connectivity index (χ1v) is 8.08. The van der Waals surface area contributed by atoms with Crippen molar-refractivity contribution in [2.45, 2.75) is 6.92 Å². The summed E-state index contributed by atoms with van der Waals surface area (Å²) in [5.74, 6) is 5.31. The molecule has 1 rings (SSSR count). The van der Waals surface area contributed by atoms with Crippen molar-refractivity contribution in [3.8, 4) is 11.8 Å². The van der Waals surface area contributed by atoms with Crippen molar-refractivity contribution >= 4 is 15.7 Å². The van der Waals surface area contributed by atoms with E-state index in [9.17, 15) is 13.2 Å². The molecular weight excluding hydrogens is 276 g/mol. The van der Waals surface area contributed by atoms with E-state index in [1.54, 1.807) is 31.2 Å². The van der Waals surface area contributed by atoms with Gasteiger partial charge in [0.25, 0.3) is 5.91 Å². The average Bonchev–Trinajstić information content (AvgIpc) is 2.45. The number of nitrogens with two attached hydrogens (primary N) is 1. The van der Waals surface area contributed by atoms with Crippen LogP contribution < -0.4 is 11.1 Å². The van der Waals surface area contributed by atoms with Crippen molar-refractivity contribution < 1.29 is 13.2 Å². The molecule has 0 atom stereocenters. The number of sulfone groups is 1. The maximum Gasteiger partial charge on any atom is 0.251 e. The second-order valence-electron chi connectivity index (χ2n) is 4.08. The summed E-state index contributed by atoms with van der Waals surface area (Å²) in [6.45, 7) is 1.98. The quantitative estimate of drug-likeness (QED) is 0.757. The third kappa shape index (κ3) is 5.43. The maximum atomic E-state index is 11.8. The van der Waals surface area contributed by atoms with E-state index in [-0.39, 0.29) is 30.5 Å². The standard InChI is InChI=1S/C14H18N2O3S/c1-2-20(18,19)11-10-16-14(17)13-7-5-12(6-8-13)4-3-9-15/h5-8H,2,9-11,15H2,1H3,(H,16,17). The molecule has 0 saturated heterocycles. The van der Waals surface area contributed by atoms with Crippen molar-refractivity contribution in [2.24, 2.45) is 5.73 Å². The number of amides is 1. The molecule has 108 valence electrons. The van der Waals surface area contributed by atoms with Gasteiger partial charge in [0.05, 0.1) is 12.3 Å². The Bertz CT molecular complexity index is 610. The molecular formula is C14H18N2O3S. The third-order valence-corrected chi connectivity index (χ3v) is 4.33. The van der Waals surface area contributed by atoms with Gasteiger partial charge in [0.15, 0.2) is 9.84 Å². The van der Waals surface area contributed by atoms with Crippen LogP contribution in [0.4, 0.5) is 0 Å². The van der Waals surface area contributed by atoms with Crippen molar-refractivity contribution in [3.05, 3.63) is 35.4 Å². The van der Waals surface area contributed by atoms with Gasteiger partial charge >= 0.3 is 0 Å². The maximum absolute atomic E-state index is 11.8. The Labute approximate surface area is 119 Å². The Balaban J connectivity index is 2.56. The molecule has 1 aromatic carbocycles. The second-order valence-corrected chi connectivity index (χ2v) is 6.55. The minimum absolute atomic E-state index is 0.0463. The van der Waals surface area contributed by atoms with E-state index in [0.717, 1.165) is 5.56 Å². The first-order chi connectivity index (χ1) is 9.48. The molecule has 20 heavy (non-hydrogen) atoms. The first-order valence-electron chi connectivity index (χ1n) is 6.26. The number of nitrogens with one attached hydrogen (secondary N) is 1. The largest absolute Gasteiger partial charge is 0.351 e. The summed E-state index contributed by atoms with van der Waals surface area (Å²) in [5.41, 5.74) is 6.52. The zero-order valence-electron chi connectivity index (χ0n) is 11.3. The molecule has 3 N–H and O–H groups in total. The van der Waals surface area contributed by atoms with E-state index < -0.39 is 9.84 Å². The SMILES string of the molecule is CCS(=O)(=O)CCNC(=O)c1ccc(C#CCN)cc1. The van der Waals surface area contributed by atoms with E-state index in [1.807, 2.05) is 0 Å². The summed E-state index contributed by atoms with van der Waals surface area (Å²) >= 11 is 0. The van der Waals surface area contributed by atoms with E-state index in [4.69, 9.17) is 5.73 Å². The Morgan fingerprint density at radius 1 is 1.30 bits per heavy atom. The summed E-state index contributed by atoms with van der Waals surface area (Å²) in [5, 5.41) is 2.58. The predicted octanol–water partition coefficient (Wildman–Crippen LogP) is 0.161. The Kier molecular flexibility index (Phi) is 6.22. The third-order valence-electron chi connectivity index (χ3n) is 2.62. The zero-order valence-corrected chi connectivity index (χ0v) is 12.2. The Hall–Kier alpha value is -1.84. The van der Waals surface area contributed by atoms with E-state index >= 15 is 0 Å². The van der Waals surface area contributed by atoms with Crippen LogP contribution in [-0.2, 0) is 9.84 Å². The molecule has 0 bridgehead atoms. The van der Waals surface area contributed by atoms with Crippen LogP contribution in [0.15, 0.2) is 24.3 Å². The average molecular weight is 294 g/mol. The van der Waals surface area contributed by atoms with Gasteiger partial charge in [0.2, 0.25) is 0 Å². The van der Waals surface area contributed by atoms with E-state index in [2.05, 4.69) is 17.2 Å². The van der Waals surface area contributed by atoms with Gasteiger partial charge in [-0.25, -0.2) is 8.42 Å². The fourth-order valence-electron chi connectivity index (χ4n) is 1.42. The molecule has 0 heterocycles. The van der Waals surface area contributed by atoms with Gasteiger partial charge in [-0.2, -0.15) is 0 Å². The molecule has 0 aliphatic heterocycles. The van der Waals surface area contributed by atoms with Crippen LogP contribution in [-0.4, -0.2) is 38.9 Å². The van der Waals surface area contributed by atoms with E-state index in [0.29, 0.717) is 5.56 Å². The molecule has 0 aliphatic rings. The summed E-state index contributed by atoms with van der Waals surface area (Å²) in [6, 6.07) is 6.73. The van der Waals surface area contributed by atoms with Crippen LogP contribution in [0.1, 0.15) is 22.8 Å². The number of carbonyl (C=O) groups excluding carboxylic acids is 1. The lowest BCUT2D eigenvalue weighted by molar-refractivity contribution is 0.0956. The molecule has 0 saturated carbocycles. The Morgan fingerprint density at radius 2 is 1.95 bits per heavy atom. The summed E-state index contributed by atoms with van der Waals surface area (Å²) in [7, 11) is -3.06. The fraction of sp³-hybridized carbons (Fsp3) is 0.357. The summed E-state index contributed by atoms with van der Waals surface area (Å²) in [6.07, 6.45) is 0. The summed E-state index contributed by atoms with van der Waals surface area (Å²) in [4.78, 5) is 11.8. The number of rotatable bonds is 5. The van der Waals surface area contributed by atoms with E-state index in [1.165, 1.54) is 0 Å². The van der Waals surface area contributed by atoms with Crippen LogP contribution in [0, 0.1) is 11.8 Å². The monoisotopic (exact) mass is 294 g/mol. The molecule has 0 unspecified atom stereocenters. The van der Waals surface area contributed by atoms with Crippen molar-refractivity contribution in [3.63, 3.8) is 0 Å². The highest BCUT2D eigenvalue weighted by molar-refractivity contribution is 7.91. The minimum Gasteiger partial charge on any atom is -0.351 e. The highest BCUT2D eigenvalue weighted by Gasteiger charge is 2.09. The van der Waals surface area contributed by atoms with Crippen molar-refractivity contribution in [1.82, 2.24) is 5.32 Å². The lowest BCUT2D eigenvalue weighted by Crippen LogP contribution is -2.29.